The lowest BCUT2D eigenvalue weighted by Crippen LogP contribution is -2.25. The molecule has 2 aromatic rings. The van der Waals surface area contributed by atoms with Crippen LogP contribution in [-0.4, -0.2) is 23.1 Å². The molecule has 0 saturated carbocycles. The molecule has 0 saturated heterocycles. The van der Waals surface area contributed by atoms with Gasteiger partial charge in [0.1, 0.15) is 12.1 Å². The van der Waals surface area contributed by atoms with E-state index in [2.05, 4.69) is 44.5 Å². The monoisotopic (exact) mass is 240 g/mol. The van der Waals surface area contributed by atoms with E-state index in [4.69, 9.17) is 0 Å². The van der Waals surface area contributed by atoms with Crippen LogP contribution in [0.5, 0.6) is 0 Å². The Labute approximate surface area is 107 Å². The van der Waals surface area contributed by atoms with Gasteiger partial charge >= 0.3 is 0 Å². The molecule has 0 amide bonds. The van der Waals surface area contributed by atoms with E-state index in [1.165, 1.54) is 11.3 Å². The van der Waals surface area contributed by atoms with Gasteiger partial charge in [0, 0.05) is 37.1 Å². The minimum atomic E-state index is 0.913. The second-order valence-electron chi connectivity index (χ2n) is 4.47. The smallest absolute Gasteiger partial charge is 0.136 e. The van der Waals surface area contributed by atoms with Crippen molar-refractivity contribution in [2.24, 2.45) is 0 Å². The van der Waals surface area contributed by atoms with Gasteiger partial charge in [0.25, 0.3) is 0 Å². The van der Waals surface area contributed by atoms with Crippen molar-refractivity contribution < 1.29 is 0 Å². The van der Waals surface area contributed by atoms with Gasteiger partial charge in [-0.3, -0.25) is 0 Å². The third kappa shape index (κ3) is 2.07. The summed E-state index contributed by atoms with van der Waals surface area (Å²) in [4.78, 5) is 10.8. The molecule has 0 bridgehead atoms. The lowest BCUT2D eigenvalue weighted by atomic mass is 10.1. The van der Waals surface area contributed by atoms with Crippen molar-refractivity contribution in [3.8, 4) is 0 Å². The molecule has 92 valence electrons. The quantitative estimate of drug-likeness (QED) is 0.828. The van der Waals surface area contributed by atoms with E-state index in [0.717, 1.165) is 31.1 Å². The summed E-state index contributed by atoms with van der Waals surface area (Å²) in [5.74, 6) is 0.971. The SMILES string of the molecule is Cc1cc(N2CCNCc3ccccc32)ncn1. The number of hydrogen-bond acceptors (Lipinski definition) is 4. The Kier molecular flexibility index (Phi) is 2.94. The minimum Gasteiger partial charge on any atom is -0.325 e. The summed E-state index contributed by atoms with van der Waals surface area (Å²) >= 11 is 0. The first kappa shape index (κ1) is 11.2. The summed E-state index contributed by atoms with van der Waals surface area (Å²) in [7, 11) is 0. The summed E-state index contributed by atoms with van der Waals surface area (Å²) in [5, 5.41) is 3.43. The molecule has 0 atom stereocenters. The highest BCUT2D eigenvalue weighted by Gasteiger charge is 2.16. The number of rotatable bonds is 1. The average Bonchev–Trinajstić information content (AvgIpc) is 2.61. The van der Waals surface area contributed by atoms with Crippen LogP contribution in [0.4, 0.5) is 11.5 Å². The lowest BCUT2D eigenvalue weighted by Gasteiger charge is -2.23. The van der Waals surface area contributed by atoms with Crippen molar-refractivity contribution in [1.82, 2.24) is 15.3 Å². The molecule has 1 N–H and O–H groups in total. The fourth-order valence-corrected chi connectivity index (χ4v) is 2.28. The predicted molar refractivity (Wildman–Crippen MR) is 71.9 cm³/mol. The van der Waals surface area contributed by atoms with Crippen molar-refractivity contribution in [1.29, 1.82) is 0 Å². The second kappa shape index (κ2) is 4.74. The van der Waals surface area contributed by atoms with Crippen LogP contribution < -0.4 is 10.2 Å². The number of anilines is 2. The molecule has 1 aromatic carbocycles. The molecule has 1 aliphatic rings. The first-order chi connectivity index (χ1) is 8.84. The van der Waals surface area contributed by atoms with Crippen LogP contribution in [0, 0.1) is 6.92 Å². The largest absolute Gasteiger partial charge is 0.325 e. The Morgan fingerprint density at radius 2 is 2.11 bits per heavy atom. The molecular formula is C14H16N4. The highest BCUT2D eigenvalue weighted by atomic mass is 15.2. The van der Waals surface area contributed by atoms with Crippen molar-refractivity contribution in [2.45, 2.75) is 13.5 Å². The zero-order chi connectivity index (χ0) is 12.4. The van der Waals surface area contributed by atoms with Gasteiger partial charge in [0.15, 0.2) is 0 Å². The Hall–Kier alpha value is -1.94. The number of nitrogens with zero attached hydrogens (tertiary/aromatic N) is 3. The van der Waals surface area contributed by atoms with Crippen molar-refractivity contribution in [3.63, 3.8) is 0 Å². The van der Waals surface area contributed by atoms with Crippen LogP contribution in [-0.2, 0) is 6.54 Å². The van der Waals surface area contributed by atoms with Gasteiger partial charge in [0.05, 0.1) is 0 Å². The van der Waals surface area contributed by atoms with Crippen molar-refractivity contribution in [2.75, 3.05) is 18.0 Å². The molecule has 0 aliphatic carbocycles. The van der Waals surface area contributed by atoms with Crippen molar-refractivity contribution >= 4 is 11.5 Å². The number of nitrogens with one attached hydrogen (secondary N) is 1. The third-order valence-corrected chi connectivity index (χ3v) is 3.18. The fraction of sp³-hybridized carbons (Fsp3) is 0.286. The van der Waals surface area contributed by atoms with E-state index in [0.29, 0.717) is 0 Å². The van der Waals surface area contributed by atoms with Crippen LogP contribution >= 0.6 is 0 Å². The average molecular weight is 240 g/mol. The van der Waals surface area contributed by atoms with Crippen LogP contribution in [0.3, 0.4) is 0 Å². The summed E-state index contributed by atoms with van der Waals surface area (Å²) in [5.41, 5.74) is 3.54. The molecule has 4 nitrogen and oxygen atoms in total. The van der Waals surface area contributed by atoms with Gasteiger partial charge in [0.2, 0.25) is 0 Å². The number of fused-ring (bicyclic) bond motifs is 1. The molecule has 0 radical (unpaired) electrons. The molecule has 0 fully saturated rings. The van der Waals surface area contributed by atoms with E-state index in [1.807, 2.05) is 13.0 Å². The first-order valence-electron chi connectivity index (χ1n) is 6.19. The van der Waals surface area contributed by atoms with Crippen molar-refractivity contribution in [3.05, 3.63) is 47.9 Å². The number of para-hydroxylation sites is 1. The molecule has 18 heavy (non-hydrogen) atoms. The van der Waals surface area contributed by atoms with Gasteiger partial charge in [-0.05, 0) is 18.6 Å². The fourth-order valence-electron chi connectivity index (χ4n) is 2.28. The third-order valence-electron chi connectivity index (χ3n) is 3.18. The highest BCUT2D eigenvalue weighted by molar-refractivity contribution is 5.64. The molecule has 0 unspecified atom stereocenters. The second-order valence-corrected chi connectivity index (χ2v) is 4.47. The summed E-state index contributed by atoms with van der Waals surface area (Å²) in [6, 6.07) is 10.5. The maximum absolute atomic E-state index is 4.39. The van der Waals surface area contributed by atoms with E-state index >= 15 is 0 Å². The minimum absolute atomic E-state index is 0.913. The molecule has 1 aromatic heterocycles. The summed E-state index contributed by atoms with van der Waals surface area (Å²) < 4.78 is 0. The molecule has 1 aliphatic heterocycles. The van der Waals surface area contributed by atoms with Gasteiger partial charge in [-0.25, -0.2) is 9.97 Å². The van der Waals surface area contributed by atoms with E-state index in [1.54, 1.807) is 6.33 Å². The van der Waals surface area contributed by atoms with E-state index in [-0.39, 0.29) is 0 Å². The molecular weight excluding hydrogens is 224 g/mol. The molecule has 3 rings (SSSR count). The zero-order valence-electron chi connectivity index (χ0n) is 10.4. The maximum Gasteiger partial charge on any atom is 0.136 e. The predicted octanol–water partition coefficient (Wildman–Crippen LogP) is 2.03. The number of aromatic nitrogens is 2. The standard InChI is InChI=1S/C14H16N4/c1-11-8-14(17-10-16-11)18-7-6-15-9-12-4-2-3-5-13(12)18/h2-5,8,10,15H,6-7,9H2,1H3. The van der Waals surface area contributed by atoms with Gasteiger partial charge in [-0.1, -0.05) is 18.2 Å². The van der Waals surface area contributed by atoms with Crippen LogP contribution in [0.1, 0.15) is 11.3 Å². The van der Waals surface area contributed by atoms with Gasteiger partial charge in [-0.15, -0.1) is 0 Å². The number of hydrogen-bond donors (Lipinski definition) is 1. The zero-order valence-corrected chi connectivity index (χ0v) is 10.4. The molecule has 4 heteroatoms. The molecule has 0 spiro atoms. The summed E-state index contributed by atoms with van der Waals surface area (Å²) in [6.07, 6.45) is 1.63. The van der Waals surface area contributed by atoms with Crippen LogP contribution in [0.2, 0.25) is 0 Å². The van der Waals surface area contributed by atoms with Gasteiger partial charge < -0.3 is 10.2 Å². The van der Waals surface area contributed by atoms with E-state index < -0.39 is 0 Å². The number of aryl methyl sites for hydroxylation is 1. The van der Waals surface area contributed by atoms with Gasteiger partial charge in [-0.2, -0.15) is 0 Å². The Balaban J connectivity index is 2.06. The van der Waals surface area contributed by atoms with Crippen LogP contribution in [0.15, 0.2) is 36.7 Å². The molecule has 2 heterocycles. The Morgan fingerprint density at radius 1 is 1.22 bits per heavy atom. The highest BCUT2D eigenvalue weighted by Crippen LogP contribution is 2.28. The van der Waals surface area contributed by atoms with E-state index in [9.17, 15) is 0 Å². The first-order valence-corrected chi connectivity index (χ1v) is 6.19. The van der Waals surface area contributed by atoms with Crippen LogP contribution in [0.25, 0.3) is 0 Å². The normalized spacial score (nSPS) is 15.1. The Bertz CT molecular complexity index is 553. The maximum atomic E-state index is 4.39. The number of benzene rings is 1. The Morgan fingerprint density at radius 3 is 3.00 bits per heavy atom. The summed E-state index contributed by atoms with van der Waals surface area (Å²) in [6.45, 7) is 4.79. The lowest BCUT2D eigenvalue weighted by molar-refractivity contribution is 0.710. The topological polar surface area (TPSA) is 41.0 Å².